The molecular formula is C39H52BN7O14S2. The number of nitrogens with zero attached hydrogens (tertiary/aromatic N) is 4. The molecule has 3 amide bonds. The summed E-state index contributed by atoms with van der Waals surface area (Å²) in [7, 11) is -5.09. The summed E-state index contributed by atoms with van der Waals surface area (Å²) in [4.78, 5) is 79.7. The Hall–Kier alpha value is -5.59. The number of amides is 3. The molecule has 2 fully saturated rings. The molecule has 3 aromatic rings. The lowest BCUT2D eigenvalue weighted by atomic mass is 9.33. The van der Waals surface area contributed by atoms with Gasteiger partial charge < -0.3 is 34.4 Å². The van der Waals surface area contributed by atoms with E-state index in [0.717, 1.165) is 11.3 Å². The Morgan fingerprint density at radius 1 is 0.968 bits per heavy atom. The van der Waals surface area contributed by atoms with Gasteiger partial charge in [0.1, 0.15) is 46.7 Å². The number of hydrogen-bond donors (Lipinski definition) is 4. The smallest absolute Gasteiger partial charge is 0.418 e. The summed E-state index contributed by atoms with van der Waals surface area (Å²) in [6.07, 6.45) is -1.17. The Bertz CT molecular complexity index is 2380. The summed E-state index contributed by atoms with van der Waals surface area (Å²) >= 11 is 0.891. The number of benzene rings is 1. The number of ether oxygens (including phenoxy) is 4. The van der Waals surface area contributed by atoms with Crippen LogP contribution in [0.5, 0.6) is 5.75 Å². The van der Waals surface area contributed by atoms with Crippen LogP contribution in [-0.2, 0) is 48.1 Å². The van der Waals surface area contributed by atoms with Crippen molar-refractivity contribution in [3.8, 4) is 5.75 Å². The van der Waals surface area contributed by atoms with Crippen molar-refractivity contribution < 1.29 is 65.0 Å². The molecule has 21 nitrogen and oxygen atoms in total. The fraction of sp³-hybridized carbons (Fsp3) is 0.538. The topological polar surface area (TPSA) is 273 Å². The third kappa shape index (κ3) is 13.5. The highest BCUT2D eigenvalue weighted by atomic mass is 32.3. The van der Waals surface area contributed by atoms with Crippen LogP contribution >= 0.6 is 11.3 Å². The van der Waals surface area contributed by atoms with Gasteiger partial charge in [-0.15, -0.1) is 15.6 Å². The minimum absolute atomic E-state index is 0.0110. The first-order chi connectivity index (χ1) is 29.0. The Labute approximate surface area is 368 Å². The summed E-state index contributed by atoms with van der Waals surface area (Å²) in [6, 6.07) is 7.35. The maximum atomic E-state index is 13.9. The van der Waals surface area contributed by atoms with Gasteiger partial charge in [-0.25, -0.2) is 19.6 Å². The molecule has 1 aromatic carbocycles. The number of oxime groups is 1. The van der Waals surface area contributed by atoms with Crippen LogP contribution in [0.2, 0.25) is 12.6 Å². The molecule has 2 atom stereocenters. The fourth-order valence-corrected chi connectivity index (χ4v) is 7.18. The van der Waals surface area contributed by atoms with Crippen molar-refractivity contribution in [3.05, 3.63) is 41.4 Å². The molecular weight excluding hydrogens is 865 g/mol. The number of β-lactam (4-membered cyclic amide) rings is 1. The number of esters is 1. The molecule has 63 heavy (non-hydrogen) atoms. The van der Waals surface area contributed by atoms with Crippen molar-refractivity contribution in [1.29, 1.82) is 0 Å². The Kier molecular flexibility index (Phi) is 14.0. The summed E-state index contributed by atoms with van der Waals surface area (Å²) in [5, 5.41) is 14.6. The van der Waals surface area contributed by atoms with E-state index < -0.39 is 81.1 Å². The first kappa shape index (κ1) is 48.4. The molecule has 2 aromatic heterocycles. The number of hydroxylamine groups is 2. The first-order valence-corrected chi connectivity index (χ1v) is 22.0. The zero-order chi connectivity index (χ0) is 46.9. The normalized spacial score (nSPS) is 17.5. The number of aromatic nitrogens is 2. The highest BCUT2D eigenvalue weighted by molar-refractivity contribution is 7.80. The second-order valence-electron chi connectivity index (χ2n) is 18.3. The van der Waals surface area contributed by atoms with Gasteiger partial charge in [-0.1, -0.05) is 5.16 Å². The quantitative estimate of drug-likeness (QED) is 0.0290. The number of pyridine rings is 1. The summed E-state index contributed by atoms with van der Waals surface area (Å²) in [5.41, 5.74) is -3.97. The first-order valence-electron chi connectivity index (χ1n) is 19.7. The molecule has 4 N–H and O–H groups in total. The fourth-order valence-electron chi connectivity index (χ4n) is 6.05. The van der Waals surface area contributed by atoms with E-state index in [2.05, 4.69) is 35.4 Å². The molecule has 1 unspecified atom stereocenters. The van der Waals surface area contributed by atoms with Crippen molar-refractivity contribution in [1.82, 2.24) is 20.3 Å². The van der Waals surface area contributed by atoms with E-state index in [0.29, 0.717) is 40.2 Å². The van der Waals surface area contributed by atoms with Crippen LogP contribution in [0.4, 0.5) is 20.5 Å². The second-order valence-corrected chi connectivity index (χ2v) is 20.2. The van der Waals surface area contributed by atoms with Gasteiger partial charge in [0.2, 0.25) is 0 Å². The lowest BCUT2D eigenvalue weighted by Crippen LogP contribution is -2.76. The number of hydrogen-bond acceptors (Lipinski definition) is 18. The van der Waals surface area contributed by atoms with Crippen LogP contribution in [-0.4, -0.2) is 117 Å². The van der Waals surface area contributed by atoms with E-state index >= 15 is 0 Å². The van der Waals surface area contributed by atoms with Crippen LogP contribution in [0.15, 0.2) is 40.9 Å². The number of carbonyl (C=O) groups excluding carboxylic acids is 5. The van der Waals surface area contributed by atoms with Crippen LogP contribution in [0.25, 0.3) is 10.9 Å². The molecule has 4 heterocycles. The molecule has 0 spiro atoms. The van der Waals surface area contributed by atoms with Gasteiger partial charge in [-0.3, -0.25) is 24.3 Å². The van der Waals surface area contributed by atoms with E-state index in [1.54, 1.807) is 65.8 Å². The van der Waals surface area contributed by atoms with Crippen LogP contribution in [0.1, 0.15) is 81.9 Å². The molecule has 2 saturated heterocycles. The van der Waals surface area contributed by atoms with Crippen molar-refractivity contribution in [2.24, 2.45) is 5.16 Å². The lowest BCUT2D eigenvalue weighted by Gasteiger charge is -2.50. The minimum atomic E-state index is -5.09. The molecule has 2 aliphatic heterocycles. The van der Waals surface area contributed by atoms with Crippen molar-refractivity contribution in [3.63, 3.8) is 0 Å². The standard InChI is InChI=1S/C39H52BN7O14S2/c1-36(2,3)57-32(50)26(19-56-23-13-14-24-21(16-23)12-15-27(42-24)41-22-17-40(18-22)33(51)58-37(4,5)6)60-46-28(25-20-62-34(43-25)45-35(52)59-38(7,8)9)30(48)44-29-31(49)47(39(29,10)11)61-63(53,54)55/h12-16,20,22,26,29H,17-19H2,1-11H3,(H,41,42)(H,44,48)(H,43,45,52)(H,53,54,55)/b46-28-/t26-,29?/m0/s1. The second kappa shape index (κ2) is 18.3. The Morgan fingerprint density at radius 2 is 1.62 bits per heavy atom. The van der Waals surface area contributed by atoms with Crippen LogP contribution in [0.3, 0.4) is 0 Å². The molecule has 5 rings (SSSR count). The van der Waals surface area contributed by atoms with Gasteiger partial charge in [0.05, 0.1) is 11.1 Å². The van der Waals surface area contributed by atoms with Crippen molar-refractivity contribution >= 4 is 85.8 Å². The van der Waals surface area contributed by atoms with Crippen molar-refractivity contribution in [2.75, 3.05) is 17.2 Å². The maximum absolute atomic E-state index is 13.9. The van der Waals surface area contributed by atoms with Gasteiger partial charge in [0.25, 0.3) is 30.5 Å². The highest BCUT2D eigenvalue weighted by Gasteiger charge is 2.58. The zero-order valence-electron chi connectivity index (χ0n) is 36.8. The predicted molar refractivity (Wildman–Crippen MR) is 231 cm³/mol. The maximum Gasteiger partial charge on any atom is 0.418 e. The largest absolute Gasteiger partial charge is 0.489 e. The molecule has 24 heteroatoms. The third-order valence-corrected chi connectivity index (χ3v) is 10.0. The summed E-state index contributed by atoms with van der Waals surface area (Å²) in [6.45, 7) is 17.5. The van der Waals surface area contributed by atoms with Gasteiger partial charge >= 0.3 is 22.5 Å². The van der Waals surface area contributed by atoms with E-state index in [9.17, 15) is 32.4 Å². The Morgan fingerprint density at radius 3 is 2.22 bits per heavy atom. The molecule has 0 bridgehead atoms. The zero-order valence-corrected chi connectivity index (χ0v) is 38.4. The average Bonchev–Trinajstić information content (AvgIpc) is 3.56. The van der Waals surface area contributed by atoms with Gasteiger partial charge in [0.15, 0.2) is 10.8 Å². The summed E-state index contributed by atoms with van der Waals surface area (Å²) < 4.78 is 58.5. The molecule has 0 saturated carbocycles. The number of anilines is 2. The van der Waals surface area contributed by atoms with E-state index in [1.165, 1.54) is 19.2 Å². The van der Waals surface area contributed by atoms with Gasteiger partial charge in [0, 0.05) is 16.8 Å². The number of rotatable bonds is 15. The Balaban J connectivity index is 1.34. The predicted octanol–water partition coefficient (Wildman–Crippen LogP) is 5.19. The summed E-state index contributed by atoms with van der Waals surface area (Å²) in [5.74, 6) is -2.27. The van der Waals surface area contributed by atoms with Crippen LogP contribution in [0, 0.1) is 0 Å². The minimum Gasteiger partial charge on any atom is -0.489 e. The molecule has 2 aliphatic rings. The SMILES string of the molecule is CC(C)(C)OC(=O)Nc1nc(/C(=N/O[C@@H](COc2ccc3nc(NC4CB(C(=O)OC(C)(C)C)C4)ccc3c2)C(=O)OC(C)(C)C)C(=O)NC2C(=O)N(OS(=O)(=O)O)C2(C)C)cs1. The lowest BCUT2D eigenvalue weighted by molar-refractivity contribution is -0.218. The number of nitrogens with one attached hydrogen (secondary N) is 3. The third-order valence-electron chi connectivity index (χ3n) is 8.92. The molecule has 0 radical (unpaired) electrons. The molecule has 342 valence electrons. The van der Waals surface area contributed by atoms with Crippen LogP contribution < -0.4 is 20.7 Å². The monoisotopic (exact) mass is 917 g/mol. The number of thiazole rings is 1. The van der Waals surface area contributed by atoms with Gasteiger partial charge in [-0.2, -0.15) is 13.5 Å². The van der Waals surface area contributed by atoms with E-state index in [4.69, 9.17) is 28.3 Å². The van der Waals surface area contributed by atoms with E-state index in [1.807, 2.05) is 26.8 Å². The van der Waals surface area contributed by atoms with E-state index in [-0.39, 0.29) is 29.4 Å². The average molecular weight is 918 g/mol. The van der Waals surface area contributed by atoms with Crippen molar-refractivity contribution in [2.45, 2.75) is 129 Å². The van der Waals surface area contributed by atoms with Gasteiger partial charge in [-0.05, 0) is 119 Å². The molecule has 0 aliphatic carbocycles. The highest BCUT2D eigenvalue weighted by Crippen LogP contribution is 2.33. The number of carbonyl (C=O) groups is 5. The number of fused-ring (bicyclic) bond motifs is 1.